The van der Waals surface area contributed by atoms with E-state index >= 15 is 0 Å². The second-order valence-corrected chi connectivity index (χ2v) is 4.00. The molecular formula is C14H12FNO4. The van der Waals surface area contributed by atoms with Gasteiger partial charge in [-0.15, -0.1) is 0 Å². The summed E-state index contributed by atoms with van der Waals surface area (Å²) in [6.45, 7) is 1.84. The van der Waals surface area contributed by atoms with Crippen LogP contribution in [0.15, 0.2) is 24.3 Å². The first-order valence-corrected chi connectivity index (χ1v) is 5.92. The Morgan fingerprint density at radius 3 is 2.85 bits per heavy atom. The minimum Gasteiger partial charge on any atom is -0.478 e. The maximum Gasteiger partial charge on any atom is 0.355 e. The van der Waals surface area contributed by atoms with Crippen LogP contribution in [-0.2, 0) is 9.53 Å². The standard InChI is InChI=1S/C14H12FNO4/c1-2-20-14(19)13-9(4-6-12(17)18)10-7-8(15)3-5-11(10)16-13/h3-7,16H,2H2,1H3,(H,17,18)/b6-4+. The monoisotopic (exact) mass is 277 g/mol. The number of rotatable bonds is 4. The molecule has 5 nitrogen and oxygen atoms in total. The van der Waals surface area contributed by atoms with Crippen molar-refractivity contribution >= 4 is 28.9 Å². The Kier molecular flexibility index (Phi) is 3.84. The summed E-state index contributed by atoms with van der Waals surface area (Å²) in [4.78, 5) is 25.3. The molecule has 20 heavy (non-hydrogen) atoms. The normalized spacial score (nSPS) is 11.1. The molecule has 0 bridgehead atoms. The van der Waals surface area contributed by atoms with Crippen LogP contribution < -0.4 is 0 Å². The van der Waals surface area contributed by atoms with Crippen molar-refractivity contribution in [3.8, 4) is 0 Å². The van der Waals surface area contributed by atoms with Crippen LogP contribution in [0.5, 0.6) is 0 Å². The first-order valence-electron chi connectivity index (χ1n) is 5.92. The van der Waals surface area contributed by atoms with E-state index in [2.05, 4.69) is 4.98 Å². The molecule has 0 amide bonds. The molecule has 0 aliphatic heterocycles. The molecule has 6 heteroatoms. The Bertz CT molecular complexity index is 703. The second kappa shape index (κ2) is 5.56. The van der Waals surface area contributed by atoms with E-state index in [1.54, 1.807) is 6.92 Å². The smallest absolute Gasteiger partial charge is 0.355 e. The van der Waals surface area contributed by atoms with Crippen LogP contribution in [0.1, 0.15) is 23.0 Å². The van der Waals surface area contributed by atoms with Gasteiger partial charge >= 0.3 is 11.9 Å². The zero-order valence-corrected chi connectivity index (χ0v) is 10.6. The summed E-state index contributed by atoms with van der Waals surface area (Å²) >= 11 is 0. The number of carboxylic acid groups (broad SMARTS) is 1. The van der Waals surface area contributed by atoms with Gasteiger partial charge in [-0.3, -0.25) is 0 Å². The van der Waals surface area contributed by atoms with Crippen LogP contribution in [-0.4, -0.2) is 28.6 Å². The number of aromatic nitrogens is 1. The van der Waals surface area contributed by atoms with Crippen LogP contribution >= 0.6 is 0 Å². The number of hydrogen-bond acceptors (Lipinski definition) is 3. The number of carbonyl (C=O) groups is 2. The fourth-order valence-electron chi connectivity index (χ4n) is 1.88. The number of aromatic amines is 1. The molecule has 1 aromatic carbocycles. The van der Waals surface area contributed by atoms with Crippen LogP contribution in [0, 0.1) is 5.82 Å². The molecule has 0 radical (unpaired) electrons. The topological polar surface area (TPSA) is 79.4 Å². The number of carbonyl (C=O) groups excluding carboxylic acids is 1. The molecule has 0 fully saturated rings. The molecule has 0 aliphatic carbocycles. The maximum absolute atomic E-state index is 13.3. The van der Waals surface area contributed by atoms with Gasteiger partial charge in [0.25, 0.3) is 0 Å². The number of esters is 1. The predicted molar refractivity (Wildman–Crippen MR) is 70.9 cm³/mol. The first-order chi connectivity index (χ1) is 9.52. The highest BCUT2D eigenvalue weighted by atomic mass is 19.1. The lowest BCUT2D eigenvalue weighted by atomic mass is 10.1. The van der Waals surface area contributed by atoms with Gasteiger partial charge in [0.05, 0.1) is 6.61 Å². The van der Waals surface area contributed by atoms with E-state index in [1.807, 2.05) is 0 Å². The van der Waals surface area contributed by atoms with Crippen molar-refractivity contribution in [1.82, 2.24) is 4.98 Å². The van der Waals surface area contributed by atoms with Gasteiger partial charge in [-0.25, -0.2) is 14.0 Å². The summed E-state index contributed by atoms with van der Waals surface area (Å²) in [6.07, 6.45) is 2.13. The summed E-state index contributed by atoms with van der Waals surface area (Å²) < 4.78 is 18.2. The van der Waals surface area contributed by atoms with Gasteiger partial charge in [-0.2, -0.15) is 0 Å². The van der Waals surface area contributed by atoms with Gasteiger partial charge in [0.15, 0.2) is 0 Å². The summed E-state index contributed by atoms with van der Waals surface area (Å²) in [5.41, 5.74) is 0.921. The van der Waals surface area contributed by atoms with Crippen LogP contribution in [0.25, 0.3) is 17.0 Å². The van der Waals surface area contributed by atoms with Crippen LogP contribution in [0.3, 0.4) is 0 Å². The van der Waals surface area contributed by atoms with Gasteiger partial charge in [0, 0.05) is 22.5 Å². The first kappa shape index (κ1) is 13.8. The molecule has 0 saturated heterocycles. The molecule has 0 unspecified atom stereocenters. The summed E-state index contributed by atoms with van der Waals surface area (Å²) in [5, 5.41) is 9.11. The lowest BCUT2D eigenvalue weighted by Crippen LogP contribution is -2.06. The van der Waals surface area contributed by atoms with Gasteiger partial charge in [-0.05, 0) is 31.2 Å². The van der Waals surface area contributed by atoms with Crippen molar-refractivity contribution in [3.05, 3.63) is 41.3 Å². The lowest BCUT2D eigenvalue weighted by Gasteiger charge is -2.00. The molecular weight excluding hydrogens is 265 g/mol. The Balaban J connectivity index is 2.63. The highest BCUT2D eigenvalue weighted by molar-refractivity contribution is 6.03. The Labute approximate surface area is 113 Å². The van der Waals surface area contributed by atoms with E-state index in [0.717, 1.165) is 6.08 Å². The van der Waals surface area contributed by atoms with Crippen molar-refractivity contribution < 1.29 is 23.8 Å². The largest absolute Gasteiger partial charge is 0.478 e. The molecule has 2 rings (SSSR count). The number of nitrogens with one attached hydrogen (secondary N) is 1. The van der Waals surface area contributed by atoms with Crippen molar-refractivity contribution in [2.24, 2.45) is 0 Å². The minimum absolute atomic E-state index is 0.102. The minimum atomic E-state index is -1.16. The van der Waals surface area contributed by atoms with Crippen LogP contribution in [0.4, 0.5) is 4.39 Å². The summed E-state index contributed by atoms with van der Waals surface area (Å²) in [6, 6.07) is 3.96. The lowest BCUT2D eigenvalue weighted by molar-refractivity contribution is -0.131. The third-order valence-electron chi connectivity index (χ3n) is 2.67. The maximum atomic E-state index is 13.3. The fraction of sp³-hybridized carbons (Fsp3) is 0.143. The number of aliphatic carboxylic acids is 1. The molecule has 2 N–H and O–H groups in total. The van der Waals surface area contributed by atoms with E-state index in [0.29, 0.717) is 16.5 Å². The van der Waals surface area contributed by atoms with Crippen molar-refractivity contribution in [2.45, 2.75) is 6.92 Å². The zero-order chi connectivity index (χ0) is 14.7. The molecule has 104 valence electrons. The van der Waals surface area contributed by atoms with E-state index < -0.39 is 17.8 Å². The van der Waals surface area contributed by atoms with Gasteiger partial charge in [-0.1, -0.05) is 0 Å². The number of fused-ring (bicyclic) bond motifs is 1. The average Bonchev–Trinajstić information content (AvgIpc) is 2.74. The van der Waals surface area contributed by atoms with Crippen molar-refractivity contribution in [2.75, 3.05) is 6.61 Å². The number of benzene rings is 1. The van der Waals surface area contributed by atoms with Gasteiger partial charge < -0.3 is 14.8 Å². The summed E-state index contributed by atoms with van der Waals surface area (Å²) in [7, 11) is 0. The van der Waals surface area contributed by atoms with Gasteiger partial charge in [0.1, 0.15) is 11.5 Å². The van der Waals surface area contributed by atoms with E-state index in [1.165, 1.54) is 24.3 Å². The quantitative estimate of drug-likeness (QED) is 0.665. The molecule has 1 aromatic heterocycles. The molecule has 0 aliphatic rings. The van der Waals surface area contributed by atoms with Crippen molar-refractivity contribution in [3.63, 3.8) is 0 Å². The van der Waals surface area contributed by atoms with Crippen molar-refractivity contribution in [1.29, 1.82) is 0 Å². The Morgan fingerprint density at radius 2 is 2.20 bits per heavy atom. The SMILES string of the molecule is CCOC(=O)c1[nH]c2ccc(F)cc2c1/C=C/C(=O)O. The van der Waals surface area contributed by atoms with Crippen LogP contribution in [0.2, 0.25) is 0 Å². The highest BCUT2D eigenvalue weighted by Gasteiger charge is 2.17. The molecule has 2 aromatic rings. The zero-order valence-electron chi connectivity index (χ0n) is 10.6. The van der Waals surface area contributed by atoms with Gasteiger partial charge in [0.2, 0.25) is 0 Å². The molecule has 0 atom stereocenters. The second-order valence-electron chi connectivity index (χ2n) is 4.00. The van der Waals surface area contributed by atoms with E-state index in [9.17, 15) is 14.0 Å². The number of halogens is 1. The van der Waals surface area contributed by atoms with E-state index in [4.69, 9.17) is 9.84 Å². The number of hydrogen-bond donors (Lipinski definition) is 2. The number of H-pyrrole nitrogens is 1. The predicted octanol–water partition coefficient (Wildman–Crippen LogP) is 2.58. The highest BCUT2D eigenvalue weighted by Crippen LogP contribution is 2.25. The number of carboxylic acids is 1. The third kappa shape index (κ3) is 2.69. The Morgan fingerprint density at radius 1 is 1.45 bits per heavy atom. The molecule has 0 spiro atoms. The third-order valence-corrected chi connectivity index (χ3v) is 2.67. The van der Waals surface area contributed by atoms with E-state index in [-0.39, 0.29) is 12.3 Å². The molecule has 1 heterocycles. The molecule has 0 saturated carbocycles. The summed E-state index contributed by atoms with van der Waals surface area (Å²) in [5.74, 6) is -2.25. The number of ether oxygens (including phenoxy) is 1. The average molecular weight is 277 g/mol. The Hall–Kier alpha value is -2.63. The fourth-order valence-corrected chi connectivity index (χ4v) is 1.88.